The molecular formula is C13H15BrN4O2. The minimum Gasteiger partial charge on any atom is -0.411 e. The van der Waals surface area contributed by atoms with E-state index in [0.717, 1.165) is 10.2 Å². The summed E-state index contributed by atoms with van der Waals surface area (Å²) in [6.07, 6.45) is 0. The predicted octanol–water partition coefficient (Wildman–Crippen LogP) is 2.30. The molecule has 0 aromatic heterocycles. The zero-order chi connectivity index (χ0) is 14.9. The van der Waals surface area contributed by atoms with Gasteiger partial charge in [-0.05, 0) is 38.1 Å². The van der Waals surface area contributed by atoms with Crippen LogP contribution in [0.25, 0.3) is 0 Å². The van der Waals surface area contributed by atoms with Crippen molar-refractivity contribution >= 4 is 38.9 Å². The third-order valence-corrected chi connectivity index (χ3v) is 3.92. The zero-order valence-electron chi connectivity index (χ0n) is 11.4. The van der Waals surface area contributed by atoms with E-state index in [1.807, 2.05) is 24.3 Å². The van der Waals surface area contributed by atoms with Gasteiger partial charge in [-0.1, -0.05) is 21.1 Å². The molecule has 2 N–H and O–H groups in total. The summed E-state index contributed by atoms with van der Waals surface area (Å²) in [5, 5.41) is 16.4. The van der Waals surface area contributed by atoms with Crippen molar-refractivity contribution < 1.29 is 10.0 Å². The van der Waals surface area contributed by atoms with E-state index in [9.17, 15) is 4.79 Å². The van der Waals surface area contributed by atoms with Crippen LogP contribution in [-0.2, 0) is 4.79 Å². The first-order chi connectivity index (χ1) is 9.37. The monoisotopic (exact) mass is 338 g/mol. The summed E-state index contributed by atoms with van der Waals surface area (Å²) in [5.74, 6) is -0.285. The average Bonchev–Trinajstić information content (AvgIpc) is 2.58. The minimum atomic E-state index is -0.688. The highest BCUT2D eigenvalue weighted by Gasteiger charge is 2.47. The number of rotatable bonds is 2. The predicted molar refractivity (Wildman–Crippen MR) is 81.3 cm³/mol. The molecule has 0 spiro atoms. The van der Waals surface area contributed by atoms with Crippen LogP contribution in [0.4, 0.5) is 5.69 Å². The van der Waals surface area contributed by atoms with E-state index in [1.54, 1.807) is 20.9 Å². The standard InChI is InChI=1S/C13H15BrN4O2/c1-13(2)11(17-20)10(12(19)18(13)3)16-15-9-6-4-8(14)5-7-9/h4-7,15,20H,1-3H3/b16-10-,17-11-. The fraction of sp³-hybridized carbons (Fsp3) is 0.308. The number of nitrogens with zero attached hydrogens (tertiary/aromatic N) is 3. The van der Waals surface area contributed by atoms with Crippen molar-refractivity contribution in [2.45, 2.75) is 19.4 Å². The minimum absolute atomic E-state index is 0.114. The lowest BCUT2D eigenvalue weighted by Crippen LogP contribution is -2.41. The maximum Gasteiger partial charge on any atom is 0.276 e. The molecule has 6 nitrogen and oxygen atoms in total. The Morgan fingerprint density at radius 1 is 1.30 bits per heavy atom. The number of likely N-dealkylation sites (tertiary alicyclic amines) is 1. The van der Waals surface area contributed by atoms with Gasteiger partial charge in [0.25, 0.3) is 5.91 Å². The molecule has 2 rings (SSSR count). The highest BCUT2D eigenvalue weighted by atomic mass is 79.9. The van der Waals surface area contributed by atoms with E-state index in [-0.39, 0.29) is 17.3 Å². The van der Waals surface area contributed by atoms with Crippen LogP contribution in [0, 0.1) is 0 Å². The molecule has 1 heterocycles. The van der Waals surface area contributed by atoms with Gasteiger partial charge in [0.05, 0.1) is 11.2 Å². The van der Waals surface area contributed by atoms with Gasteiger partial charge in [0, 0.05) is 11.5 Å². The number of benzene rings is 1. The Bertz CT molecular complexity index is 593. The van der Waals surface area contributed by atoms with Gasteiger partial charge in [-0.2, -0.15) is 5.10 Å². The van der Waals surface area contributed by atoms with Crippen LogP contribution >= 0.6 is 15.9 Å². The second-order valence-electron chi connectivity index (χ2n) is 4.95. The third-order valence-electron chi connectivity index (χ3n) is 3.39. The second kappa shape index (κ2) is 5.24. The Labute approximate surface area is 125 Å². The van der Waals surface area contributed by atoms with E-state index in [0.29, 0.717) is 0 Å². The Hall–Kier alpha value is -1.89. The number of halogens is 1. The van der Waals surface area contributed by atoms with E-state index in [2.05, 4.69) is 31.6 Å². The van der Waals surface area contributed by atoms with E-state index in [1.165, 1.54) is 4.90 Å². The number of anilines is 1. The fourth-order valence-corrected chi connectivity index (χ4v) is 2.14. The Morgan fingerprint density at radius 2 is 1.90 bits per heavy atom. The van der Waals surface area contributed by atoms with Crippen molar-refractivity contribution in [2.24, 2.45) is 10.3 Å². The Morgan fingerprint density at radius 3 is 2.45 bits per heavy atom. The Balaban J connectivity index is 2.29. The first-order valence-corrected chi connectivity index (χ1v) is 6.77. The molecule has 1 aromatic rings. The van der Waals surface area contributed by atoms with Crippen molar-refractivity contribution in [3.8, 4) is 0 Å². The summed E-state index contributed by atoms with van der Waals surface area (Å²) in [6, 6.07) is 7.35. The molecule has 1 aromatic carbocycles. The number of hydrogen-bond donors (Lipinski definition) is 2. The van der Waals surface area contributed by atoms with Crippen LogP contribution in [0.15, 0.2) is 39.0 Å². The molecule has 0 bridgehead atoms. The number of carbonyl (C=O) groups is 1. The van der Waals surface area contributed by atoms with Crippen LogP contribution in [-0.4, -0.2) is 40.0 Å². The van der Waals surface area contributed by atoms with Crippen molar-refractivity contribution in [2.75, 3.05) is 12.5 Å². The molecule has 1 aliphatic heterocycles. The highest BCUT2D eigenvalue weighted by Crippen LogP contribution is 2.24. The SMILES string of the molecule is CN1C(=O)C(=N\Nc2ccc(Br)cc2)/C(=N/O)C1(C)C. The average molecular weight is 339 g/mol. The van der Waals surface area contributed by atoms with Gasteiger partial charge < -0.3 is 10.1 Å². The number of amides is 1. The van der Waals surface area contributed by atoms with Gasteiger partial charge in [-0.3, -0.25) is 10.2 Å². The second-order valence-corrected chi connectivity index (χ2v) is 5.87. The maximum atomic E-state index is 12.1. The van der Waals surface area contributed by atoms with Gasteiger partial charge in [-0.25, -0.2) is 0 Å². The molecule has 0 aliphatic carbocycles. The van der Waals surface area contributed by atoms with Gasteiger partial charge in [-0.15, -0.1) is 0 Å². The molecule has 0 unspecified atom stereocenters. The van der Waals surface area contributed by atoms with Crippen molar-refractivity contribution in [3.05, 3.63) is 28.7 Å². The van der Waals surface area contributed by atoms with Gasteiger partial charge in [0.2, 0.25) is 0 Å². The van der Waals surface area contributed by atoms with E-state index < -0.39 is 5.54 Å². The van der Waals surface area contributed by atoms with Crippen molar-refractivity contribution in [1.29, 1.82) is 0 Å². The highest BCUT2D eigenvalue weighted by molar-refractivity contribution is 9.10. The number of hydrazone groups is 1. The number of hydrogen-bond acceptors (Lipinski definition) is 5. The van der Waals surface area contributed by atoms with Crippen LogP contribution < -0.4 is 5.43 Å². The molecule has 106 valence electrons. The molecule has 0 radical (unpaired) electrons. The normalized spacial score (nSPS) is 21.8. The topological polar surface area (TPSA) is 77.3 Å². The van der Waals surface area contributed by atoms with Crippen molar-refractivity contribution in [3.63, 3.8) is 0 Å². The molecule has 7 heteroatoms. The summed E-state index contributed by atoms with van der Waals surface area (Å²) < 4.78 is 0.950. The molecule has 1 amide bonds. The first-order valence-electron chi connectivity index (χ1n) is 5.98. The van der Waals surface area contributed by atoms with Gasteiger partial charge in [0.1, 0.15) is 5.71 Å². The smallest absolute Gasteiger partial charge is 0.276 e. The van der Waals surface area contributed by atoms with Crippen LogP contribution in [0.1, 0.15) is 13.8 Å². The van der Waals surface area contributed by atoms with E-state index in [4.69, 9.17) is 5.21 Å². The molecule has 1 aliphatic rings. The van der Waals surface area contributed by atoms with Crippen LogP contribution in [0.5, 0.6) is 0 Å². The third kappa shape index (κ3) is 2.40. The summed E-state index contributed by atoms with van der Waals surface area (Å²) in [5.41, 5.74) is 3.20. The van der Waals surface area contributed by atoms with Gasteiger partial charge in [0.15, 0.2) is 5.71 Å². The van der Waals surface area contributed by atoms with Crippen LogP contribution in [0.3, 0.4) is 0 Å². The lowest BCUT2D eigenvalue weighted by molar-refractivity contribution is -0.124. The summed E-state index contributed by atoms with van der Waals surface area (Å²) in [7, 11) is 1.65. The largest absolute Gasteiger partial charge is 0.411 e. The first kappa shape index (κ1) is 14.5. The molecule has 1 saturated heterocycles. The van der Waals surface area contributed by atoms with E-state index >= 15 is 0 Å². The summed E-state index contributed by atoms with van der Waals surface area (Å²) in [6.45, 7) is 3.59. The van der Waals surface area contributed by atoms with Gasteiger partial charge >= 0.3 is 0 Å². The number of carbonyl (C=O) groups excluding carboxylic acids is 1. The molecule has 0 atom stereocenters. The van der Waals surface area contributed by atoms with Crippen LogP contribution in [0.2, 0.25) is 0 Å². The van der Waals surface area contributed by atoms with Crippen molar-refractivity contribution in [1.82, 2.24) is 4.90 Å². The number of nitrogens with one attached hydrogen (secondary N) is 1. The molecule has 0 saturated carbocycles. The molecule has 20 heavy (non-hydrogen) atoms. The quantitative estimate of drug-likeness (QED) is 0.641. The molecular weight excluding hydrogens is 324 g/mol. The zero-order valence-corrected chi connectivity index (χ0v) is 13.0. The fourth-order valence-electron chi connectivity index (χ4n) is 1.88. The maximum absolute atomic E-state index is 12.1. The number of oxime groups is 1. The lowest BCUT2D eigenvalue weighted by Gasteiger charge is -2.25. The Kier molecular flexibility index (Phi) is 3.80. The summed E-state index contributed by atoms with van der Waals surface area (Å²) >= 11 is 3.34. The summed E-state index contributed by atoms with van der Waals surface area (Å²) in [4.78, 5) is 13.6. The molecule has 1 fully saturated rings. The lowest BCUT2D eigenvalue weighted by atomic mass is 9.99.